The summed E-state index contributed by atoms with van der Waals surface area (Å²) in [5.74, 6) is 0.604. The highest BCUT2D eigenvalue weighted by Crippen LogP contribution is 2.30. The second-order valence-electron chi connectivity index (χ2n) is 4.82. The van der Waals surface area contributed by atoms with Crippen LogP contribution in [0.15, 0.2) is 24.4 Å². The second kappa shape index (κ2) is 6.80. The highest BCUT2D eigenvalue weighted by atomic mass is 127. The molecule has 6 heteroatoms. The lowest BCUT2D eigenvalue weighted by atomic mass is 10.2. The van der Waals surface area contributed by atoms with Gasteiger partial charge in [0.1, 0.15) is 6.61 Å². The molecule has 5 nitrogen and oxygen atoms in total. The van der Waals surface area contributed by atoms with Crippen molar-refractivity contribution in [2.24, 2.45) is 0 Å². The van der Waals surface area contributed by atoms with Crippen LogP contribution >= 0.6 is 22.6 Å². The standard InChI is InChI=1S/C15H17IN4O/c1-3-10(2)20-5-4-12(19-20)9-21-15-13(16)6-11(8-17)7-14(15)18/h4-7,10H,3,9,18H2,1-2H3. The smallest absolute Gasteiger partial charge is 0.156 e. The molecule has 1 atom stereocenters. The summed E-state index contributed by atoms with van der Waals surface area (Å²) in [4.78, 5) is 0. The molecule has 110 valence electrons. The van der Waals surface area contributed by atoms with E-state index in [4.69, 9.17) is 15.7 Å². The Hall–Kier alpha value is -1.75. The van der Waals surface area contributed by atoms with Crippen LogP contribution in [-0.4, -0.2) is 9.78 Å². The Bertz CT molecular complexity index is 652. The van der Waals surface area contributed by atoms with Crippen molar-refractivity contribution in [2.75, 3.05) is 5.73 Å². The number of nitrogen functional groups attached to an aromatic ring is 1. The topological polar surface area (TPSA) is 76.9 Å². The molecule has 1 aromatic heterocycles. The predicted octanol–water partition coefficient (Wildman–Crippen LogP) is 3.49. The molecule has 1 aromatic carbocycles. The highest BCUT2D eigenvalue weighted by molar-refractivity contribution is 14.1. The molecule has 1 unspecified atom stereocenters. The van der Waals surface area contributed by atoms with Crippen molar-refractivity contribution in [1.29, 1.82) is 5.26 Å². The normalized spacial score (nSPS) is 11.9. The van der Waals surface area contributed by atoms with Crippen molar-refractivity contribution in [3.8, 4) is 11.8 Å². The van der Waals surface area contributed by atoms with Crippen LogP contribution in [0.25, 0.3) is 0 Å². The molecule has 0 bridgehead atoms. The van der Waals surface area contributed by atoms with E-state index in [2.05, 4.69) is 47.6 Å². The Balaban J connectivity index is 2.10. The number of benzene rings is 1. The van der Waals surface area contributed by atoms with Gasteiger partial charge >= 0.3 is 0 Å². The fourth-order valence-electron chi connectivity index (χ4n) is 1.86. The van der Waals surface area contributed by atoms with Gasteiger partial charge in [-0.1, -0.05) is 6.92 Å². The van der Waals surface area contributed by atoms with E-state index in [0.717, 1.165) is 15.7 Å². The summed E-state index contributed by atoms with van der Waals surface area (Å²) in [7, 11) is 0. The minimum atomic E-state index is 0.357. The molecule has 0 saturated heterocycles. The molecule has 0 aliphatic rings. The number of aromatic nitrogens is 2. The molecule has 0 aliphatic heterocycles. The number of nitrogens with two attached hydrogens (primary N) is 1. The number of ether oxygens (including phenoxy) is 1. The Morgan fingerprint density at radius 2 is 2.29 bits per heavy atom. The SMILES string of the molecule is CCC(C)n1ccc(COc2c(N)cc(C#N)cc2I)n1. The van der Waals surface area contributed by atoms with Gasteiger partial charge in [0.2, 0.25) is 0 Å². The zero-order valence-corrected chi connectivity index (χ0v) is 14.2. The van der Waals surface area contributed by atoms with Gasteiger partial charge in [0.25, 0.3) is 0 Å². The number of nitrogens with zero attached hydrogens (tertiary/aromatic N) is 3. The average molecular weight is 396 g/mol. The molecule has 0 amide bonds. The van der Waals surface area contributed by atoms with Crippen LogP contribution < -0.4 is 10.5 Å². The summed E-state index contributed by atoms with van der Waals surface area (Å²) < 4.78 is 8.52. The number of rotatable bonds is 5. The van der Waals surface area contributed by atoms with Crippen LogP contribution in [0.1, 0.15) is 37.6 Å². The maximum Gasteiger partial charge on any atom is 0.156 e. The van der Waals surface area contributed by atoms with Gasteiger partial charge in [0.05, 0.1) is 26.6 Å². The van der Waals surface area contributed by atoms with Crippen LogP contribution in [0, 0.1) is 14.9 Å². The molecule has 0 aliphatic carbocycles. The van der Waals surface area contributed by atoms with Crippen molar-refractivity contribution in [3.05, 3.63) is 39.2 Å². The van der Waals surface area contributed by atoms with Crippen molar-refractivity contribution in [3.63, 3.8) is 0 Å². The van der Waals surface area contributed by atoms with Gasteiger partial charge in [-0.15, -0.1) is 0 Å². The lowest BCUT2D eigenvalue weighted by Gasteiger charge is -2.11. The summed E-state index contributed by atoms with van der Waals surface area (Å²) in [6.07, 6.45) is 2.99. The number of hydrogen-bond acceptors (Lipinski definition) is 4. The third-order valence-electron chi connectivity index (χ3n) is 3.27. The predicted molar refractivity (Wildman–Crippen MR) is 89.8 cm³/mol. The molecular weight excluding hydrogens is 379 g/mol. The van der Waals surface area contributed by atoms with Crippen LogP contribution in [-0.2, 0) is 6.61 Å². The first-order valence-corrected chi connectivity index (χ1v) is 7.79. The summed E-state index contributed by atoms with van der Waals surface area (Å²) >= 11 is 2.12. The fraction of sp³-hybridized carbons (Fsp3) is 0.333. The van der Waals surface area contributed by atoms with Gasteiger partial charge in [-0.3, -0.25) is 4.68 Å². The fourth-order valence-corrected chi connectivity index (χ4v) is 2.67. The number of halogens is 1. The minimum absolute atomic E-state index is 0.357. The van der Waals surface area contributed by atoms with E-state index in [1.807, 2.05) is 16.9 Å². The monoisotopic (exact) mass is 396 g/mol. The van der Waals surface area contributed by atoms with E-state index in [-0.39, 0.29) is 0 Å². The Labute approximate surface area is 137 Å². The van der Waals surface area contributed by atoms with Gasteiger partial charge in [0.15, 0.2) is 5.75 Å². The van der Waals surface area contributed by atoms with E-state index < -0.39 is 0 Å². The molecule has 0 spiro atoms. The maximum atomic E-state index is 8.90. The van der Waals surface area contributed by atoms with E-state index in [1.54, 1.807) is 12.1 Å². The van der Waals surface area contributed by atoms with Gasteiger partial charge in [-0.25, -0.2) is 0 Å². The Kier molecular flexibility index (Phi) is 5.07. The maximum absolute atomic E-state index is 8.90. The summed E-state index contributed by atoms with van der Waals surface area (Å²) in [6, 6.07) is 7.77. The number of nitriles is 1. The minimum Gasteiger partial charge on any atom is -0.484 e. The first-order chi connectivity index (χ1) is 10.0. The molecule has 2 N–H and O–H groups in total. The molecule has 0 fully saturated rings. The van der Waals surface area contributed by atoms with Gasteiger partial charge < -0.3 is 10.5 Å². The highest BCUT2D eigenvalue weighted by Gasteiger charge is 2.10. The number of hydrogen-bond donors (Lipinski definition) is 1. The molecule has 0 radical (unpaired) electrons. The quantitative estimate of drug-likeness (QED) is 0.620. The molecule has 21 heavy (non-hydrogen) atoms. The molecule has 1 heterocycles. The van der Waals surface area contributed by atoms with E-state index in [9.17, 15) is 0 Å². The van der Waals surface area contributed by atoms with Gasteiger partial charge in [-0.2, -0.15) is 10.4 Å². The van der Waals surface area contributed by atoms with Crippen LogP contribution in [0.2, 0.25) is 0 Å². The lowest BCUT2D eigenvalue weighted by Crippen LogP contribution is -2.06. The van der Waals surface area contributed by atoms with E-state index in [1.165, 1.54) is 0 Å². The first kappa shape index (κ1) is 15.6. The molecule has 2 rings (SSSR count). The average Bonchev–Trinajstić information content (AvgIpc) is 2.94. The summed E-state index contributed by atoms with van der Waals surface area (Å²) in [5.41, 5.74) is 7.79. The summed E-state index contributed by atoms with van der Waals surface area (Å²) in [5, 5.41) is 13.4. The van der Waals surface area contributed by atoms with Crippen molar-refractivity contribution in [1.82, 2.24) is 9.78 Å². The van der Waals surface area contributed by atoms with Crippen LogP contribution in [0.3, 0.4) is 0 Å². The summed E-state index contributed by atoms with van der Waals surface area (Å²) in [6.45, 7) is 4.61. The number of anilines is 1. The van der Waals surface area contributed by atoms with E-state index in [0.29, 0.717) is 29.6 Å². The van der Waals surface area contributed by atoms with Crippen LogP contribution in [0.4, 0.5) is 5.69 Å². The van der Waals surface area contributed by atoms with Crippen molar-refractivity contribution in [2.45, 2.75) is 32.9 Å². The Morgan fingerprint density at radius 3 is 2.90 bits per heavy atom. The third kappa shape index (κ3) is 3.67. The Morgan fingerprint density at radius 1 is 1.52 bits per heavy atom. The third-order valence-corrected chi connectivity index (χ3v) is 4.07. The van der Waals surface area contributed by atoms with Gasteiger partial charge in [-0.05, 0) is 54.1 Å². The largest absolute Gasteiger partial charge is 0.484 e. The van der Waals surface area contributed by atoms with E-state index >= 15 is 0 Å². The second-order valence-corrected chi connectivity index (χ2v) is 5.98. The zero-order valence-electron chi connectivity index (χ0n) is 12.0. The molecule has 2 aromatic rings. The molecule has 0 saturated carbocycles. The van der Waals surface area contributed by atoms with Crippen molar-refractivity contribution < 1.29 is 4.74 Å². The van der Waals surface area contributed by atoms with Crippen molar-refractivity contribution >= 4 is 28.3 Å². The first-order valence-electron chi connectivity index (χ1n) is 6.71. The zero-order chi connectivity index (χ0) is 15.4. The van der Waals surface area contributed by atoms with Crippen LogP contribution in [0.5, 0.6) is 5.75 Å². The lowest BCUT2D eigenvalue weighted by molar-refractivity contribution is 0.297. The molecular formula is C15H17IN4O. The van der Waals surface area contributed by atoms with Gasteiger partial charge in [0, 0.05) is 12.2 Å².